The van der Waals surface area contributed by atoms with E-state index in [0.29, 0.717) is 29.4 Å². The second kappa shape index (κ2) is 8.22. The number of carbonyl (C=O) groups excluding carboxylic acids is 1. The first-order valence-electron chi connectivity index (χ1n) is 8.17. The van der Waals surface area contributed by atoms with Crippen molar-refractivity contribution in [2.45, 2.75) is 6.54 Å². The van der Waals surface area contributed by atoms with Gasteiger partial charge in [0.05, 0.1) is 21.3 Å². The van der Waals surface area contributed by atoms with Gasteiger partial charge >= 0.3 is 0 Å². The third-order valence-electron chi connectivity index (χ3n) is 3.96. The first-order valence-corrected chi connectivity index (χ1v) is 8.17. The summed E-state index contributed by atoms with van der Waals surface area (Å²) in [5.74, 6) is 1.76. The van der Waals surface area contributed by atoms with Crippen LogP contribution in [0.5, 0.6) is 17.2 Å². The lowest BCUT2D eigenvalue weighted by molar-refractivity contribution is 0.0950. The second-order valence-electron chi connectivity index (χ2n) is 5.59. The number of aromatic nitrogens is 3. The number of ether oxygens (including phenoxy) is 3. The number of hydrogen-bond acceptors (Lipinski definition) is 6. The van der Waals surface area contributed by atoms with Crippen molar-refractivity contribution in [3.05, 3.63) is 60.3 Å². The number of imidazole rings is 1. The minimum Gasteiger partial charge on any atom is -0.493 e. The molecule has 0 saturated heterocycles. The molecule has 1 aromatic carbocycles. The summed E-state index contributed by atoms with van der Waals surface area (Å²) >= 11 is 0. The molecule has 0 saturated carbocycles. The van der Waals surface area contributed by atoms with Crippen LogP contribution in [-0.4, -0.2) is 41.8 Å². The molecule has 0 aliphatic heterocycles. The zero-order chi connectivity index (χ0) is 19.2. The minimum atomic E-state index is -0.254. The van der Waals surface area contributed by atoms with Gasteiger partial charge in [-0.05, 0) is 29.8 Å². The van der Waals surface area contributed by atoms with Crippen LogP contribution < -0.4 is 19.5 Å². The van der Waals surface area contributed by atoms with Gasteiger partial charge in [-0.15, -0.1) is 0 Å². The zero-order valence-corrected chi connectivity index (χ0v) is 15.3. The smallest absolute Gasteiger partial charge is 0.251 e. The van der Waals surface area contributed by atoms with E-state index >= 15 is 0 Å². The molecule has 2 aromatic heterocycles. The number of carbonyl (C=O) groups is 1. The maximum Gasteiger partial charge on any atom is 0.251 e. The van der Waals surface area contributed by atoms with E-state index in [9.17, 15) is 4.79 Å². The van der Waals surface area contributed by atoms with Gasteiger partial charge in [0, 0.05) is 30.7 Å². The second-order valence-corrected chi connectivity index (χ2v) is 5.59. The molecule has 0 aliphatic carbocycles. The Morgan fingerprint density at radius 3 is 2.41 bits per heavy atom. The topological polar surface area (TPSA) is 87.5 Å². The first kappa shape index (κ1) is 18.2. The summed E-state index contributed by atoms with van der Waals surface area (Å²) < 4.78 is 17.6. The van der Waals surface area contributed by atoms with Crippen molar-refractivity contribution in [1.29, 1.82) is 0 Å². The lowest BCUT2D eigenvalue weighted by atomic mass is 10.1. The fourth-order valence-corrected chi connectivity index (χ4v) is 2.60. The third-order valence-corrected chi connectivity index (χ3v) is 3.96. The monoisotopic (exact) mass is 368 g/mol. The molecule has 0 radical (unpaired) electrons. The zero-order valence-electron chi connectivity index (χ0n) is 15.3. The molecule has 3 rings (SSSR count). The standard InChI is InChI=1S/C19H20N4O4/c1-25-15-9-14(10-16(26-2)18(15)27-3)19(24)22-11-13-4-5-21-17(8-13)23-7-6-20-12-23/h4-10,12H,11H2,1-3H3,(H,22,24). The fraction of sp³-hybridized carbons (Fsp3) is 0.211. The quantitative estimate of drug-likeness (QED) is 0.688. The Morgan fingerprint density at radius 1 is 1.07 bits per heavy atom. The van der Waals surface area contributed by atoms with E-state index in [2.05, 4.69) is 15.3 Å². The molecule has 0 atom stereocenters. The van der Waals surface area contributed by atoms with E-state index in [0.717, 1.165) is 11.4 Å². The maximum absolute atomic E-state index is 12.6. The lowest BCUT2D eigenvalue weighted by Crippen LogP contribution is -2.23. The van der Waals surface area contributed by atoms with E-state index in [4.69, 9.17) is 14.2 Å². The molecule has 140 valence electrons. The van der Waals surface area contributed by atoms with Crippen LogP contribution in [0.1, 0.15) is 15.9 Å². The summed E-state index contributed by atoms with van der Waals surface area (Å²) in [4.78, 5) is 20.9. The van der Waals surface area contributed by atoms with Gasteiger partial charge in [-0.3, -0.25) is 9.36 Å². The number of nitrogens with zero attached hydrogens (tertiary/aromatic N) is 3. The van der Waals surface area contributed by atoms with Gasteiger partial charge < -0.3 is 19.5 Å². The highest BCUT2D eigenvalue weighted by Gasteiger charge is 2.17. The summed E-state index contributed by atoms with van der Waals surface area (Å²) in [7, 11) is 4.53. The average Bonchev–Trinajstić information content (AvgIpc) is 3.26. The molecule has 0 bridgehead atoms. The molecule has 8 nitrogen and oxygen atoms in total. The van der Waals surface area contributed by atoms with Crippen molar-refractivity contribution in [2.24, 2.45) is 0 Å². The van der Waals surface area contributed by atoms with E-state index < -0.39 is 0 Å². The van der Waals surface area contributed by atoms with Crippen LogP contribution in [0.2, 0.25) is 0 Å². The van der Waals surface area contributed by atoms with Crippen molar-refractivity contribution < 1.29 is 19.0 Å². The number of nitrogens with one attached hydrogen (secondary N) is 1. The summed E-state index contributed by atoms with van der Waals surface area (Å²) in [5.41, 5.74) is 1.32. The molecular formula is C19H20N4O4. The van der Waals surface area contributed by atoms with Crippen LogP contribution in [0.15, 0.2) is 49.2 Å². The Hall–Kier alpha value is -3.55. The van der Waals surface area contributed by atoms with E-state index in [1.165, 1.54) is 21.3 Å². The Morgan fingerprint density at radius 2 is 1.81 bits per heavy atom. The molecular weight excluding hydrogens is 348 g/mol. The molecule has 27 heavy (non-hydrogen) atoms. The molecule has 3 aromatic rings. The third kappa shape index (κ3) is 4.00. The molecule has 0 aliphatic rings. The summed E-state index contributed by atoms with van der Waals surface area (Å²) in [6.07, 6.45) is 6.85. The summed E-state index contributed by atoms with van der Waals surface area (Å²) in [5, 5.41) is 2.88. The normalized spacial score (nSPS) is 10.3. The number of methoxy groups -OCH3 is 3. The van der Waals surface area contributed by atoms with Crippen molar-refractivity contribution in [3.63, 3.8) is 0 Å². The molecule has 1 N–H and O–H groups in total. The molecule has 8 heteroatoms. The van der Waals surface area contributed by atoms with Crippen molar-refractivity contribution in [2.75, 3.05) is 21.3 Å². The van der Waals surface area contributed by atoms with Crippen molar-refractivity contribution in [1.82, 2.24) is 19.9 Å². The first-order chi connectivity index (χ1) is 13.2. The predicted molar refractivity (Wildman–Crippen MR) is 98.6 cm³/mol. The molecule has 0 unspecified atom stereocenters. The van der Waals surface area contributed by atoms with Gasteiger partial charge in [0.2, 0.25) is 5.75 Å². The lowest BCUT2D eigenvalue weighted by Gasteiger charge is -2.14. The Bertz CT molecular complexity index is 900. The van der Waals surface area contributed by atoms with Gasteiger partial charge in [0.1, 0.15) is 12.1 Å². The number of pyridine rings is 1. The van der Waals surface area contributed by atoms with Gasteiger partial charge in [-0.25, -0.2) is 9.97 Å². The van der Waals surface area contributed by atoms with E-state index in [-0.39, 0.29) is 5.91 Å². The largest absolute Gasteiger partial charge is 0.493 e. The highest BCUT2D eigenvalue weighted by Crippen LogP contribution is 2.38. The number of hydrogen-bond donors (Lipinski definition) is 1. The number of rotatable bonds is 7. The van der Waals surface area contributed by atoms with Crippen LogP contribution >= 0.6 is 0 Å². The van der Waals surface area contributed by atoms with Crippen LogP contribution in [0.25, 0.3) is 5.82 Å². The van der Waals surface area contributed by atoms with Crippen molar-refractivity contribution >= 4 is 5.91 Å². The summed E-state index contributed by atoms with van der Waals surface area (Å²) in [6.45, 7) is 0.347. The fourth-order valence-electron chi connectivity index (χ4n) is 2.60. The molecule has 2 heterocycles. The van der Waals surface area contributed by atoms with E-state index in [1.54, 1.807) is 41.6 Å². The predicted octanol–water partition coefficient (Wildman–Crippen LogP) is 2.22. The summed E-state index contributed by atoms with van der Waals surface area (Å²) in [6, 6.07) is 6.95. The van der Waals surface area contributed by atoms with Crippen LogP contribution in [0.3, 0.4) is 0 Å². The average molecular weight is 368 g/mol. The van der Waals surface area contributed by atoms with Crippen molar-refractivity contribution in [3.8, 4) is 23.1 Å². The van der Waals surface area contributed by atoms with Crippen LogP contribution in [0.4, 0.5) is 0 Å². The molecule has 0 fully saturated rings. The van der Waals surface area contributed by atoms with E-state index in [1.807, 2.05) is 12.1 Å². The highest BCUT2D eigenvalue weighted by molar-refractivity contribution is 5.95. The van der Waals surface area contributed by atoms with Crippen LogP contribution in [-0.2, 0) is 6.54 Å². The Balaban J connectivity index is 1.76. The van der Waals surface area contributed by atoms with Crippen LogP contribution in [0, 0.1) is 0 Å². The Labute approximate surface area is 156 Å². The molecule has 0 spiro atoms. The Kier molecular flexibility index (Phi) is 5.55. The van der Waals surface area contributed by atoms with Gasteiger partial charge in [-0.1, -0.05) is 0 Å². The van der Waals surface area contributed by atoms with Gasteiger partial charge in [0.25, 0.3) is 5.91 Å². The molecule has 1 amide bonds. The SMILES string of the molecule is COc1cc(C(=O)NCc2ccnc(-n3ccnc3)c2)cc(OC)c1OC. The maximum atomic E-state index is 12.6. The van der Waals surface area contributed by atoms with Gasteiger partial charge in [0.15, 0.2) is 11.5 Å². The number of benzene rings is 1. The highest BCUT2D eigenvalue weighted by atomic mass is 16.5. The minimum absolute atomic E-state index is 0.254. The number of amides is 1. The van der Waals surface area contributed by atoms with Gasteiger partial charge in [-0.2, -0.15) is 0 Å².